The van der Waals surface area contributed by atoms with Gasteiger partial charge in [0.2, 0.25) is 10.0 Å². The summed E-state index contributed by atoms with van der Waals surface area (Å²) in [6.45, 7) is -0.854. The zero-order valence-corrected chi connectivity index (χ0v) is 13.5. The Bertz CT molecular complexity index is 689. The van der Waals surface area contributed by atoms with Crippen LogP contribution in [0.2, 0.25) is 0 Å². The van der Waals surface area contributed by atoms with Gasteiger partial charge >= 0.3 is 6.18 Å². The molecule has 0 aliphatic carbocycles. The number of benzene rings is 1. The average Bonchev–Trinajstić information content (AvgIpc) is 3.01. The minimum absolute atomic E-state index is 0.0183. The number of hydrogen-bond acceptors (Lipinski definition) is 4. The molecule has 6 nitrogen and oxygen atoms in total. The van der Waals surface area contributed by atoms with Gasteiger partial charge in [0, 0.05) is 24.7 Å². The molecule has 1 unspecified atom stereocenters. The number of sulfonamides is 1. The minimum Gasteiger partial charge on any atom is -0.343 e. The molecule has 0 saturated carbocycles. The van der Waals surface area contributed by atoms with Crippen molar-refractivity contribution in [2.45, 2.75) is 30.0 Å². The Morgan fingerprint density at radius 3 is 2.46 bits per heavy atom. The highest BCUT2D eigenvalue weighted by Crippen LogP contribution is 2.25. The fourth-order valence-electron chi connectivity index (χ4n) is 2.56. The maximum Gasteiger partial charge on any atom is 0.405 e. The molecule has 1 aromatic rings. The molecule has 2 rings (SSSR count). The molecule has 0 aromatic heterocycles. The number of nitrogens with one attached hydrogen (secondary N) is 1. The van der Waals surface area contributed by atoms with Crippen molar-refractivity contribution in [3.05, 3.63) is 29.8 Å². The Hall–Kier alpha value is -1.65. The Balaban J connectivity index is 2.12. The van der Waals surface area contributed by atoms with E-state index in [4.69, 9.17) is 5.73 Å². The first-order valence-electron chi connectivity index (χ1n) is 7.32. The third-order valence-corrected chi connectivity index (χ3v) is 5.73. The lowest BCUT2D eigenvalue weighted by Crippen LogP contribution is -2.39. The second-order valence-electron chi connectivity index (χ2n) is 5.47. The Morgan fingerprint density at radius 1 is 1.29 bits per heavy atom. The van der Waals surface area contributed by atoms with Crippen LogP contribution in [0.15, 0.2) is 29.2 Å². The molecule has 1 heterocycles. The van der Waals surface area contributed by atoms with Crippen LogP contribution in [0.4, 0.5) is 13.2 Å². The predicted octanol–water partition coefficient (Wildman–Crippen LogP) is 1.09. The summed E-state index contributed by atoms with van der Waals surface area (Å²) in [6, 6.07) is 4.54. The van der Waals surface area contributed by atoms with Crippen molar-refractivity contribution in [3.8, 4) is 0 Å². The summed E-state index contributed by atoms with van der Waals surface area (Å²) >= 11 is 0. The number of amides is 1. The number of alkyl halides is 3. The van der Waals surface area contributed by atoms with Gasteiger partial charge in [-0.2, -0.15) is 17.5 Å². The van der Waals surface area contributed by atoms with Gasteiger partial charge < -0.3 is 11.1 Å². The van der Waals surface area contributed by atoms with E-state index >= 15 is 0 Å². The van der Waals surface area contributed by atoms with E-state index < -0.39 is 28.7 Å². The van der Waals surface area contributed by atoms with Gasteiger partial charge in [-0.15, -0.1) is 0 Å². The fraction of sp³-hybridized carbons (Fsp3) is 0.500. The molecule has 1 atom stereocenters. The molecular weight excluding hydrogens is 347 g/mol. The quantitative estimate of drug-likeness (QED) is 0.817. The van der Waals surface area contributed by atoms with E-state index in [-0.39, 0.29) is 23.0 Å². The molecule has 1 aromatic carbocycles. The number of carbonyl (C=O) groups excluding carboxylic acids is 1. The molecule has 10 heteroatoms. The molecule has 3 N–H and O–H groups in total. The van der Waals surface area contributed by atoms with Crippen LogP contribution >= 0.6 is 0 Å². The van der Waals surface area contributed by atoms with Crippen LogP contribution in [-0.2, 0) is 10.0 Å². The normalized spacial score (nSPS) is 19.4. The summed E-state index contributed by atoms with van der Waals surface area (Å²) in [5.74, 6) is -0.919. The van der Waals surface area contributed by atoms with Crippen molar-refractivity contribution in [1.82, 2.24) is 9.62 Å². The number of nitrogens with zero attached hydrogens (tertiary/aromatic N) is 1. The van der Waals surface area contributed by atoms with Gasteiger partial charge in [-0.3, -0.25) is 4.79 Å². The highest BCUT2D eigenvalue weighted by atomic mass is 32.2. The molecule has 1 aliphatic rings. The van der Waals surface area contributed by atoms with Crippen molar-refractivity contribution in [2.75, 3.05) is 19.6 Å². The van der Waals surface area contributed by atoms with Crippen LogP contribution < -0.4 is 11.1 Å². The van der Waals surface area contributed by atoms with Crippen LogP contribution in [0, 0.1) is 0 Å². The Labute approximate surface area is 137 Å². The molecule has 24 heavy (non-hydrogen) atoms. The largest absolute Gasteiger partial charge is 0.405 e. The molecule has 0 bridgehead atoms. The van der Waals surface area contributed by atoms with E-state index in [9.17, 15) is 26.4 Å². The van der Waals surface area contributed by atoms with Gasteiger partial charge in [-0.25, -0.2) is 8.42 Å². The van der Waals surface area contributed by atoms with Gasteiger partial charge in [0.1, 0.15) is 6.54 Å². The standard InChI is InChI=1S/C14H18F3N3O3S/c15-14(16,17)9-19-13(21)10-3-5-12(6-4-10)24(22,23)20-7-1-2-11(20)8-18/h3-6,11H,1-2,7-9,18H2,(H,19,21). The molecule has 134 valence electrons. The van der Waals surface area contributed by atoms with E-state index in [1.807, 2.05) is 0 Å². The molecular formula is C14H18F3N3O3S. The minimum atomic E-state index is -4.51. The summed E-state index contributed by atoms with van der Waals surface area (Å²) < 4.78 is 62.7. The summed E-state index contributed by atoms with van der Waals surface area (Å²) in [7, 11) is -3.74. The number of rotatable bonds is 5. The fourth-order valence-corrected chi connectivity index (χ4v) is 4.26. The number of carbonyl (C=O) groups is 1. The van der Waals surface area contributed by atoms with E-state index in [0.29, 0.717) is 13.0 Å². The third kappa shape index (κ3) is 4.25. The zero-order chi connectivity index (χ0) is 18.0. The maximum atomic E-state index is 12.6. The van der Waals surface area contributed by atoms with Crippen molar-refractivity contribution >= 4 is 15.9 Å². The first kappa shape index (κ1) is 18.7. The van der Waals surface area contributed by atoms with E-state index in [0.717, 1.165) is 6.42 Å². The van der Waals surface area contributed by atoms with Crippen LogP contribution in [0.25, 0.3) is 0 Å². The van der Waals surface area contributed by atoms with Gasteiger partial charge in [0.15, 0.2) is 0 Å². The summed E-state index contributed by atoms with van der Waals surface area (Å²) in [5.41, 5.74) is 5.53. The summed E-state index contributed by atoms with van der Waals surface area (Å²) in [5, 5.41) is 1.73. The highest BCUT2D eigenvalue weighted by molar-refractivity contribution is 7.89. The maximum absolute atomic E-state index is 12.6. The molecule has 0 spiro atoms. The Morgan fingerprint density at radius 2 is 1.92 bits per heavy atom. The lowest BCUT2D eigenvalue weighted by molar-refractivity contribution is -0.123. The summed E-state index contributed by atoms with van der Waals surface area (Å²) in [6.07, 6.45) is -3.10. The van der Waals surface area contributed by atoms with Crippen molar-refractivity contribution < 1.29 is 26.4 Å². The Kier molecular flexibility index (Phi) is 5.51. The predicted molar refractivity (Wildman–Crippen MR) is 80.8 cm³/mol. The highest BCUT2D eigenvalue weighted by Gasteiger charge is 2.34. The molecule has 1 saturated heterocycles. The van der Waals surface area contributed by atoms with E-state index in [1.54, 1.807) is 5.32 Å². The first-order chi connectivity index (χ1) is 11.1. The second kappa shape index (κ2) is 7.08. The smallest absolute Gasteiger partial charge is 0.343 e. The third-order valence-electron chi connectivity index (χ3n) is 3.77. The van der Waals surface area contributed by atoms with Crippen LogP contribution in [0.3, 0.4) is 0 Å². The van der Waals surface area contributed by atoms with Gasteiger partial charge in [-0.1, -0.05) is 0 Å². The topological polar surface area (TPSA) is 92.5 Å². The first-order valence-corrected chi connectivity index (χ1v) is 8.76. The number of nitrogens with two attached hydrogens (primary N) is 1. The SMILES string of the molecule is NCC1CCCN1S(=O)(=O)c1ccc(C(=O)NCC(F)(F)F)cc1. The van der Waals surface area contributed by atoms with Gasteiger partial charge in [0.05, 0.1) is 4.90 Å². The molecule has 1 aliphatic heterocycles. The average molecular weight is 365 g/mol. The van der Waals surface area contributed by atoms with Crippen LogP contribution in [0.1, 0.15) is 23.2 Å². The van der Waals surface area contributed by atoms with E-state index in [1.165, 1.54) is 28.6 Å². The van der Waals surface area contributed by atoms with Crippen molar-refractivity contribution in [1.29, 1.82) is 0 Å². The molecule has 1 amide bonds. The van der Waals surface area contributed by atoms with Gasteiger partial charge in [-0.05, 0) is 37.1 Å². The van der Waals surface area contributed by atoms with Crippen LogP contribution in [0.5, 0.6) is 0 Å². The number of hydrogen-bond donors (Lipinski definition) is 2. The number of halogens is 3. The lowest BCUT2D eigenvalue weighted by atomic mass is 10.2. The van der Waals surface area contributed by atoms with E-state index in [2.05, 4.69) is 0 Å². The monoisotopic (exact) mass is 365 g/mol. The second-order valence-corrected chi connectivity index (χ2v) is 7.36. The van der Waals surface area contributed by atoms with Gasteiger partial charge in [0.25, 0.3) is 5.91 Å². The lowest BCUT2D eigenvalue weighted by Gasteiger charge is -2.22. The molecule has 0 radical (unpaired) electrons. The molecule has 1 fully saturated rings. The summed E-state index contributed by atoms with van der Waals surface area (Å²) in [4.78, 5) is 11.6. The van der Waals surface area contributed by atoms with Crippen molar-refractivity contribution in [2.24, 2.45) is 5.73 Å². The van der Waals surface area contributed by atoms with Crippen molar-refractivity contribution in [3.63, 3.8) is 0 Å². The van der Waals surface area contributed by atoms with Crippen LogP contribution in [-0.4, -0.2) is 50.5 Å². The zero-order valence-electron chi connectivity index (χ0n) is 12.7.